The molecule has 1 aromatic heterocycles. The molecule has 0 saturated carbocycles. The van der Waals surface area contributed by atoms with E-state index in [1.807, 2.05) is 22.6 Å². The highest BCUT2D eigenvalue weighted by molar-refractivity contribution is 14.1. The first-order chi connectivity index (χ1) is 4.61. The van der Waals surface area contributed by atoms with Crippen LogP contribution >= 0.6 is 22.6 Å². The minimum absolute atomic E-state index is 0.0434. The van der Waals surface area contributed by atoms with E-state index in [4.69, 9.17) is 5.11 Å². The Hall–Kier alpha value is -0.520. The summed E-state index contributed by atoms with van der Waals surface area (Å²) in [6.07, 6.45) is 0. The summed E-state index contributed by atoms with van der Waals surface area (Å²) in [6, 6.07) is 1.16. The number of aromatic hydroxyl groups is 1. The van der Waals surface area contributed by atoms with Gasteiger partial charge in [0, 0.05) is 11.8 Å². The Balaban J connectivity index is 3.46. The van der Waals surface area contributed by atoms with Gasteiger partial charge in [-0.3, -0.25) is 4.79 Å². The quantitative estimate of drug-likeness (QED) is 0.675. The fourth-order valence-electron chi connectivity index (χ4n) is 0.655. The van der Waals surface area contributed by atoms with E-state index in [9.17, 15) is 4.79 Å². The normalized spacial score (nSPS) is 9.80. The van der Waals surface area contributed by atoms with Crippen LogP contribution in [0.25, 0.3) is 0 Å². The lowest BCUT2D eigenvalue weighted by Gasteiger charge is -1.97. The van der Waals surface area contributed by atoms with E-state index in [1.165, 1.54) is 0 Å². The predicted molar refractivity (Wildman–Crippen MR) is 46.2 cm³/mol. The molecular weight excluding hydrogens is 245 g/mol. The number of aryl methyl sites for hydroxylation is 1. The van der Waals surface area contributed by atoms with Crippen molar-refractivity contribution in [3.63, 3.8) is 0 Å². The van der Waals surface area contributed by atoms with Crippen LogP contribution in [-0.4, -0.2) is 10.1 Å². The third-order valence-corrected chi connectivity index (χ3v) is 2.49. The van der Waals surface area contributed by atoms with Crippen molar-refractivity contribution < 1.29 is 5.11 Å². The predicted octanol–water partition coefficient (Wildman–Crippen LogP) is 0.994. The van der Waals surface area contributed by atoms with Crippen LogP contribution in [0.5, 0.6) is 5.75 Å². The van der Waals surface area contributed by atoms with E-state index in [2.05, 4.69) is 4.98 Å². The molecule has 0 aliphatic heterocycles. The van der Waals surface area contributed by atoms with Gasteiger partial charge < -0.3 is 10.1 Å². The van der Waals surface area contributed by atoms with Crippen LogP contribution in [-0.2, 0) is 0 Å². The molecule has 0 aliphatic rings. The highest BCUT2D eigenvalue weighted by atomic mass is 127. The third-order valence-electron chi connectivity index (χ3n) is 1.13. The van der Waals surface area contributed by atoms with Crippen LogP contribution in [0.4, 0.5) is 0 Å². The molecule has 0 atom stereocenters. The monoisotopic (exact) mass is 251 g/mol. The van der Waals surface area contributed by atoms with E-state index in [0.29, 0.717) is 9.26 Å². The first kappa shape index (κ1) is 7.59. The fourth-order valence-corrected chi connectivity index (χ4v) is 0.946. The molecule has 0 aromatic carbocycles. The molecule has 1 heterocycles. The van der Waals surface area contributed by atoms with Crippen LogP contribution in [0, 0.1) is 10.5 Å². The number of nitrogens with one attached hydrogen (secondary N) is 1. The smallest absolute Gasteiger partial charge is 0.251 e. The van der Waals surface area contributed by atoms with Gasteiger partial charge >= 0.3 is 0 Å². The number of halogens is 1. The lowest BCUT2D eigenvalue weighted by molar-refractivity contribution is 0.469. The maximum absolute atomic E-state index is 10.6. The summed E-state index contributed by atoms with van der Waals surface area (Å²) in [6.45, 7) is 1.74. The van der Waals surface area contributed by atoms with Gasteiger partial charge in [0.1, 0.15) is 5.75 Å². The van der Waals surface area contributed by atoms with Crippen LogP contribution in [0.15, 0.2) is 10.9 Å². The molecule has 4 heteroatoms. The van der Waals surface area contributed by atoms with Crippen molar-refractivity contribution in [2.45, 2.75) is 6.92 Å². The molecule has 1 aromatic rings. The number of hydrogen-bond acceptors (Lipinski definition) is 2. The summed E-state index contributed by atoms with van der Waals surface area (Å²) in [4.78, 5) is 13.2. The van der Waals surface area contributed by atoms with Crippen molar-refractivity contribution in [3.8, 4) is 5.75 Å². The minimum Gasteiger partial charge on any atom is -0.507 e. The molecule has 10 heavy (non-hydrogen) atoms. The molecule has 0 spiro atoms. The highest BCUT2D eigenvalue weighted by Crippen LogP contribution is 2.17. The first-order valence-electron chi connectivity index (χ1n) is 2.69. The Labute approximate surface area is 71.2 Å². The van der Waals surface area contributed by atoms with Gasteiger partial charge in [-0.05, 0) is 29.5 Å². The summed E-state index contributed by atoms with van der Waals surface area (Å²) in [5.74, 6) is 0.0434. The average molecular weight is 251 g/mol. The lowest BCUT2D eigenvalue weighted by atomic mass is 10.4. The summed E-state index contributed by atoms with van der Waals surface area (Å²) in [5.41, 5.74) is 0.431. The molecule has 3 nitrogen and oxygen atoms in total. The zero-order valence-electron chi connectivity index (χ0n) is 5.31. The van der Waals surface area contributed by atoms with Crippen LogP contribution < -0.4 is 5.56 Å². The number of rotatable bonds is 0. The summed E-state index contributed by atoms with van der Waals surface area (Å²) >= 11 is 1.97. The maximum Gasteiger partial charge on any atom is 0.251 e. The van der Waals surface area contributed by atoms with E-state index >= 15 is 0 Å². The molecule has 0 saturated heterocycles. The molecular formula is C6H6INO2. The summed E-state index contributed by atoms with van der Waals surface area (Å²) in [5, 5.41) is 9.05. The zero-order valence-corrected chi connectivity index (χ0v) is 7.47. The van der Waals surface area contributed by atoms with Gasteiger partial charge in [-0.2, -0.15) is 0 Å². The van der Waals surface area contributed by atoms with Crippen molar-refractivity contribution in [1.29, 1.82) is 0 Å². The van der Waals surface area contributed by atoms with Gasteiger partial charge in [-0.15, -0.1) is 0 Å². The number of pyridine rings is 1. The van der Waals surface area contributed by atoms with Crippen molar-refractivity contribution in [2.75, 3.05) is 0 Å². The van der Waals surface area contributed by atoms with Crippen molar-refractivity contribution in [2.24, 2.45) is 0 Å². The molecule has 0 fully saturated rings. The van der Waals surface area contributed by atoms with E-state index < -0.39 is 0 Å². The minimum atomic E-state index is -0.268. The Morgan fingerprint density at radius 2 is 2.30 bits per heavy atom. The third kappa shape index (κ3) is 1.31. The van der Waals surface area contributed by atoms with Gasteiger partial charge in [0.05, 0.1) is 3.57 Å². The number of H-pyrrole nitrogens is 1. The molecule has 0 amide bonds. The summed E-state index contributed by atoms with van der Waals surface area (Å²) in [7, 11) is 0. The second kappa shape index (κ2) is 2.61. The van der Waals surface area contributed by atoms with Crippen LogP contribution in [0.1, 0.15) is 5.69 Å². The molecule has 0 unspecified atom stereocenters. The molecule has 0 aliphatic carbocycles. The van der Waals surface area contributed by atoms with Gasteiger partial charge in [0.15, 0.2) is 0 Å². The number of aromatic nitrogens is 1. The molecule has 0 bridgehead atoms. The van der Waals surface area contributed by atoms with Gasteiger partial charge in [-0.1, -0.05) is 0 Å². The topological polar surface area (TPSA) is 53.1 Å². The van der Waals surface area contributed by atoms with Crippen molar-refractivity contribution in [1.82, 2.24) is 4.98 Å². The van der Waals surface area contributed by atoms with E-state index in [1.54, 1.807) is 6.92 Å². The maximum atomic E-state index is 10.6. The summed E-state index contributed by atoms with van der Waals surface area (Å²) < 4.78 is 0.692. The second-order valence-electron chi connectivity index (χ2n) is 1.96. The molecule has 2 N–H and O–H groups in total. The zero-order chi connectivity index (χ0) is 7.72. The first-order valence-corrected chi connectivity index (χ1v) is 3.77. The van der Waals surface area contributed by atoms with Crippen LogP contribution in [0.3, 0.4) is 0 Å². The van der Waals surface area contributed by atoms with Gasteiger partial charge in [0.25, 0.3) is 5.56 Å². The van der Waals surface area contributed by atoms with Crippen molar-refractivity contribution in [3.05, 3.63) is 25.7 Å². The van der Waals surface area contributed by atoms with Gasteiger partial charge in [0.2, 0.25) is 0 Å². The Morgan fingerprint density at radius 3 is 2.80 bits per heavy atom. The molecule has 54 valence electrons. The van der Waals surface area contributed by atoms with Gasteiger partial charge in [-0.25, -0.2) is 0 Å². The SMILES string of the molecule is Cc1[nH]c(=O)cc(O)c1I. The Bertz CT molecular complexity index is 279. The average Bonchev–Trinajstić information content (AvgIpc) is 1.82. The van der Waals surface area contributed by atoms with E-state index in [0.717, 1.165) is 6.07 Å². The fraction of sp³-hybridized carbons (Fsp3) is 0.167. The van der Waals surface area contributed by atoms with E-state index in [-0.39, 0.29) is 11.3 Å². The molecule has 1 rings (SSSR count). The second-order valence-corrected chi connectivity index (χ2v) is 3.04. The Morgan fingerprint density at radius 1 is 1.70 bits per heavy atom. The Kier molecular flexibility index (Phi) is 1.98. The molecule has 0 radical (unpaired) electrons. The number of hydrogen-bond donors (Lipinski definition) is 2. The highest BCUT2D eigenvalue weighted by Gasteiger charge is 2.00. The number of aromatic amines is 1. The van der Waals surface area contributed by atoms with Crippen LogP contribution in [0.2, 0.25) is 0 Å². The lowest BCUT2D eigenvalue weighted by Crippen LogP contribution is -2.06. The van der Waals surface area contributed by atoms with Crippen molar-refractivity contribution >= 4 is 22.6 Å². The largest absolute Gasteiger partial charge is 0.507 e. The standard InChI is InChI=1S/C6H6INO2/c1-3-6(7)4(9)2-5(10)8-3/h2H,1H3,(H2,8,9,10).